The van der Waals surface area contributed by atoms with Gasteiger partial charge >= 0.3 is 5.97 Å². The molecule has 8 nitrogen and oxygen atoms in total. The number of carbonyl (C=O) groups excluding carboxylic acids is 3. The lowest BCUT2D eigenvalue weighted by Gasteiger charge is -2.40. The van der Waals surface area contributed by atoms with Gasteiger partial charge in [0.25, 0.3) is 5.91 Å². The van der Waals surface area contributed by atoms with Crippen molar-refractivity contribution in [1.29, 1.82) is 0 Å². The number of esters is 1. The van der Waals surface area contributed by atoms with Crippen LogP contribution in [0.3, 0.4) is 0 Å². The first kappa shape index (κ1) is 23.1. The molecule has 1 saturated heterocycles. The molecule has 0 bridgehead atoms. The topological polar surface area (TPSA) is 108 Å². The van der Waals surface area contributed by atoms with Gasteiger partial charge in [0, 0.05) is 12.1 Å². The zero-order valence-electron chi connectivity index (χ0n) is 18.7. The van der Waals surface area contributed by atoms with Gasteiger partial charge in [0.05, 0.1) is 26.2 Å². The number of carbonyl (C=O) groups is 3. The second kappa shape index (κ2) is 9.72. The number of primary amides is 1. The molecule has 0 aromatic heterocycles. The summed E-state index contributed by atoms with van der Waals surface area (Å²) < 4.78 is 16.1. The molecule has 170 valence electrons. The van der Waals surface area contributed by atoms with Gasteiger partial charge in [0.15, 0.2) is 17.6 Å². The fourth-order valence-electron chi connectivity index (χ4n) is 3.89. The number of aryl methyl sites for hydroxylation is 1. The summed E-state index contributed by atoms with van der Waals surface area (Å²) >= 11 is 0. The van der Waals surface area contributed by atoms with Crippen LogP contribution in [0.4, 0.5) is 5.69 Å². The number of hydrogen-bond acceptors (Lipinski definition) is 6. The van der Waals surface area contributed by atoms with Gasteiger partial charge in [-0.15, -0.1) is 0 Å². The van der Waals surface area contributed by atoms with E-state index in [9.17, 15) is 14.4 Å². The highest BCUT2D eigenvalue weighted by Gasteiger charge is 2.43. The van der Waals surface area contributed by atoms with Crippen LogP contribution in [-0.4, -0.2) is 38.1 Å². The largest absolute Gasteiger partial charge is 0.493 e. The third kappa shape index (κ3) is 4.69. The highest BCUT2D eigenvalue weighted by atomic mass is 16.5. The Morgan fingerprint density at radius 2 is 1.72 bits per heavy atom. The van der Waals surface area contributed by atoms with Crippen LogP contribution >= 0.6 is 0 Å². The molecule has 0 aliphatic carbocycles. The minimum atomic E-state index is -1.07. The third-order valence-electron chi connectivity index (χ3n) is 5.65. The summed E-state index contributed by atoms with van der Waals surface area (Å²) in [4.78, 5) is 39.2. The number of piperidine rings is 1. The summed E-state index contributed by atoms with van der Waals surface area (Å²) in [5, 5.41) is 0. The van der Waals surface area contributed by atoms with Crippen LogP contribution in [0.1, 0.15) is 36.9 Å². The lowest BCUT2D eigenvalue weighted by molar-refractivity contribution is -0.159. The summed E-state index contributed by atoms with van der Waals surface area (Å²) in [6.07, 6.45) is -0.619. The van der Waals surface area contributed by atoms with E-state index in [2.05, 4.69) is 0 Å². The Labute approximate surface area is 187 Å². The summed E-state index contributed by atoms with van der Waals surface area (Å²) in [6.45, 7) is 3.39. The SMILES string of the molecule is COc1ccc([C@@H]2[C@@H](C(=O)O[C@H](C)C(N)=O)CCC(=O)N2c2ccc(C)cc2)cc1OC. The van der Waals surface area contributed by atoms with Crippen molar-refractivity contribution in [1.82, 2.24) is 0 Å². The Kier molecular flexibility index (Phi) is 7.02. The molecule has 1 aliphatic heterocycles. The predicted octanol–water partition coefficient (Wildman–Crippen LogP) is 2.91. The Morgan fingerprint density at radius 3 is 2.31 bits per heavy atom. The van der Waals surface area contributed by atoms with Gasteiger partial charge in [-0.25, -0.2) is 0 Å². The molecular formula is C24H28N2O6. The molecular weight excluding hydrogens is 412 g/mol. The normalized spacial score (nSPS) is 19.2. The van der Waals surface area contributed by atoms with Crippen LogP contribution in [0.25, 0.3) is 0 Å². The molecule has 8 heteroatoms. The number of nitrogens with two attached hydrogens (primary N) is 1. The maximum Gasteiger partial charge on any atom is 0.312 e. The average Bonchev–Trinajstić information content (AvgIpc) is 2.78. The molecule has 0 saturated carbocycles. The monoisotopic (exact) mass is 440 g/mol. The first-order chi connectivity index (χ1) is 15.3. The summed E-state index contributed by atoms with van der Waals surface area (Å²) in [5.74, 6) is -1.12. The second-order valence-electron chi connectivity index (χ2n) is 7.79. The summed E-state index contributed by atoms with van der Waals surface area (Å²) in [5.41, 5.74) is 7.67. The van der Waals surface area contributed by atoms with Crippen molar-refractivity contribution in [2.24, 2.45) is 11.7 Å². The highest BCUT2D eigenvalue weighted by molar-refractivity contribution is 5.97. The molecule has 1 aliphatic rings. The Bertz CT molecular complexity index is 1000. The van der Waals surface area contributed by atoms with Gasteiger partial charge in [0.1, 0.15) is 0 Å². The summed E-state index contributed by atoms with van der Waals surface area (Å²) in [6, 6.07) is 12.1. The van der Waals surface area contributed by atoms with Crippen molar-refractivity contribution in [2.75, 3.05) is 19.1 Å². The lowest BCUT2D eigenvalue weighted by Crippen LogP contribution is -2.47. The fraction of sp³-hybridized carbons (Fsp3) is 0.375. The van der Waals surface area contributed by atoms with Crippen LogP contribution in [0.5, 0.6) is 11.5 Å². The van der Waals surface area contributed by atoms with E-state index < -0.39 is 29.9 Å². The molecule has 0 radical (unpaired) electrons. The highest BCUT2D eigenvalue weighted by Crippen LogP contribution is 2.43. The molecule has 2 aromatic rings. The van der Waals surface area contributed by atoms with Crippen molar-refractivity contribution in [2.45, 2.75) is 38.8 Å². The van der Waals surface area contributed by atoms with E-state index in [1.165, 1.54) is 21.1 Å². The van der Waals surface area contributed by atoms with Crippen LogP contribution < -0.4 is 20.1 Å². The van der Waals surface area contributed by atoms with E-state index in [0.717, 1.165) is 5.56 Å². The quantitative estimate of drug-likeness (QED) is 0.663. The van der Waals surface area contributed by atoms with Gasteiger partial charge in [-0.2, -0.15) is 0 Å². The second-order valence-corrected chi connectivity index (χ2v) is 7.79. The maximum atomic E-state index is 13.1. The first-order valence-corrected chi connectivity index (χ1v) is 10.4. The van der Waals surface area contributed by atoms with E-state index in [-0.39, 0.29) is 18.7 Å². The summed E-state index contributed by atoms with van der Waals surface area (Å²) in [7, 11) is 3.05. The molecule has 1 fully saturated rings. The number of nitrogens with zero attached hydrogens (tertiary/aromatic N) is 1. The van der Waals surface area contributed by atoms with Crippen LogP contribution in [0.15, 0.2) is 42.5 Å². The van der Waals surface area contributed by atoms with Crippen molar-refractivity contribution >= 4 is 23.5 Å². The molecule has 3 atom stereocenters. The van der Waals surface area contributed by atoms with Crippen LogP contribution in [0, 0.1) is 12.8 Å². The molecule has 2 aromatic carbocycles. The number of amides is 2. The Balaban J connectivity index is 2.10. The Hall–Kier alpha value is -3.55. The maximum absolute atomic E-state index is 13.1. The van der Waals surface area contributed by atoms with E-state index in [1.807, 2.05) is 31.2 Å². The molecule has 32 heavy (non-hydrogen) atoms. The lowest BCUT2D eigenvalue weighted by atomic mass is 9.83. The molecule has 3 rings (SSSR count). The van der Waals surface area contributed by atoms with Crippen molar-refractivity contribution in [3.63, 3.8) is 0 Å². The zero-order chi connectivity index (χ0) is 23.4. The van der Waals surface area contributed by atoms with E-state index in [0.29, 0.717) is 22.7 Å². The number of rotatable bonds is 7. The molecule has 2 N–H and O–H groups in total. The van der Waals surface area contributed by atoms with Crippen molar-refractivity contribution < 1.29 is 28.6 Å². The van der Waals surface area contributed by atoms with Gasteiger partial charge in [-0.05, 0) is 50.1 Å². The zero-order valence-corrected chi connectivity index (χ0v) is 18.7. The van der Waals surface area contributed by atoms with Gasteiger partial charge < -0.3 is 24.8 Å². The molecule has 1 heterocycles. The average molecular weight is 440 g/mol. The van der Waals surface area contributed by atoms with Crippen molar-refractivity contribution in [3.8, 4) is 11.5 Å². The predicted molar refractivity (Wildman–Crippen MR) is 118 cm³/mol. The number of hydrogen-bond donors (Lipinski definition) is 1. The van der Waals surface area contributed by atoms with Crippen LogP contribution in [-0.2, 0) is 19.1 Å². The van der Waals surface area contributed by atoms with E-state index in [1.54, 1.807) is 23.1 Å². The Morgan fingerprint density at radius 1 is 1.06 bits per heavy atom. The van der Waals surface area contributed by atoms with Gasteiger partial charge in [0.2, 0.25) is 5.91 Å². The number of ether oxygens (including phenoxy) is 3. The van der Waals surface area contributed by atoms with Crippen LogP contribution in [0.2, 0.25) is 0 Å². The number of anilines is 1. The van der Waals surface area contributed by atoms with E-state index in [4.69, 9.17) is 19.9 Å². The smallest absolute Gasteiger partial charge is 0.312 e. The molecule has 0 unspecified atom stereocenters. The molecule has 0 spiro atoms. The standard InChI is InChI=1S/C24H28N2O6/c1-14-5-8-17(9-6-14)26-21(27)12-10-18(24(29)32-15(2)23(25)28)22(26)16-7-11-19(30-3)20(13-16)31-4/h5-9,11,13,15,18,22H,10,12H2,1-4H3,(H2,25,28)/t15-,18+,22-/m1/s1. The minimum absolute atomic E-state index is 0.111. The first-order valence-electron chi connectivity index (χ1n) is 10.4. The van der Waals surface area contributed by atoms with Crippen molar-refractivity contribution in [3.05, 3.63) is 53.6 Å². The van der Waals surface area contributed by atoms with Gasteiger partial charge in [-0.3, -0.25) is 14.4 Å². The van der Waals surface area contributed by atoms with E-state index >= 15 is 0 Å². The number of methoxy groups -OCH3 is 2. The third-order valence-corrected chi connectivity index (χ3v) is 5.65. The molecule has 2 amide bonds. The minimum Gasteiger partial charge on any atom is -0.493 e. The number of benzene rings is 2. The fourth-order valence-corrected chi connectivity index (χ4v) is 3.89. The van der Waals surface area contributed by atoms with Gasteiger partial charge in [-0.1, -0.05) is 23.8 Å².